The summed E-state index contributed by atoms with van der Waals surface area (Å²) in [6.45, 7) is 6.61. The maximum absolute atomic E-state index is 5.77. The highest BCUT2D eigenvalue weighted by molar-refractivity contribution is 7.25. The van der Waals surface area contributed by atoms with E-state index in [4.69, 9.17) is 9.98 Å². The fraction of sp³-hybridized carbons (Fsp3) is 0.115. The van der Waals surface area contributed by atoms with Crippen molar-refractivity contribution in [2.45, 2.75) is 46.0 Å². The van der Waals surface area contributed by atoms with Crippen molar-refractivity contribution in [3.05, 3.63) is 233 Å². The fourth-order valence-corrected chi connectivity index (χ4v) is 11.1. The van der Waals surface area contributed by atoms with Gasteiger partial charge in [0.2, 0.25) is 0 Å². The molecule has 11 rings (SSSR count). The number of aryl methyl sites for hydroxylation is 1. The Morgan fingerprint density at radius 3 is 2.06 bits per heavy atom. The molecule has 1 aliphatic carbocycles. The van der Waals surface area contributed by atoms with Gasteiger partial charge >= 0.3 is 0 Å². The van der Waals surface area contributed by atoms with Gasteiger partial charge < -0.3 is 0 Å². The third-order valence-electron chi connectivity index (χ3n) is 13.3. The molecule has 0 saturated carbocycles. The summed E-state index contributed by atoms with van der Waals surface area (Å²) >= 11 is 1.89. The first-order chi connectivity index (χ1) is 31.5. The molecular formula is C61H48N2S. The molecule has 0 aliphatic heterocycles. The minimum atomic E-state index is 0.175. The normalized spacial score (nSPS) is 14.7. The number of thiophene rings is 1. The molecule has 1 unspecified atom stereocenters. The molecule has 1 atom stereocenters. The number of nitrogens with zero attached hydrogens (tertiary/aromatic N) is 2. The van der Waals surface area contributed by atoms with Crippen LogP contribution < -0.4 is 0 Å². The Labute approximate surface area is 379 Å². The molecule has 0 spiro atoms. The van der Waals surface area contributed by atoms with Gasteiger partial charge in [0.25, 0.3) is 0 Å². The van der Waals surface area contributed by atoms with E-state index in [0.717, 1.165) is 52.7 Å². The van der Waals surface area contributed by atoms with Gasteiger partial charge in [-0.2, -0.15) is 0 Å². The second kappa shape index (κ2) is 16.8. The lowest BCUT2D eigenvalue weighted by Crippen LogP contribution is -2.07. The van der Waals surface area contributed by atoms with Gasteiger partial charge in [0, 0.05) is 42.9 Å². The number of allylic oxidation sites excluding steroid dienone is 1. The topological polar surface area (TPSA) is 24.7 Å². The molecule has 3 heteroatoms. The van der Waals surface area contributed by atoms with E-state index in [1.54, 1.807) is 0 Å². The summed E-state index contributed by atoms with van der Waals surface area (Å²) < 4.78 is 2.60. The highest BCUT2D eigenvalue weighted by Crippen LogP contribution is 2.48. The van der Waals surface area contributed by atoms with E-state index >= 15 is 0 Å². The number of rotatable bonds is 7. The van der Waals surface area contributed by atoms with E-state index in [1.807, 2.05) is 11.3 Å². The fourth-order valence-electron chi connectivity index (χ4n) is 9.89. The van der Waals surface area contributed by atoms with Crippen LogP contribution in [0.2, 0.25) is 0 Å². The minimum absolute atomic E-state index is 0.175. The summed E-state index contributed by atoms with van der Waals surface area (Å²) in [6.07, 6.45) is 2.86. The van der Waals surface area contributed by atoms with Gasteiger partial charge in [0.1, 0.15) is 0 Å². The Balaban J connectivity index is 1.13. The summed E-state index contributed by atoms with van der Waals surface area (Å²) in [5.41, 5.74) is 15.6. The smallest absolute Gasteiger partial charge is 0.160 e. The van der Waals surface area contributed by atoms with Crippen LogP contribution in [0.5, 0.6) is 0 Å². The first-order valence-electron chi connectivity index (χ1n) is 22.5. The molecule has 0 saturated heterocycles. The number of aliphatic imine (C=N–C) groups is 2. The second-order valence-electron chi connectivity index (χ2n) is 17.2. The molecule has 64 heavy (non-hydrogen) atoms. The average Bonchev–Trinajstić information content (AvgIpc) is 3.65. The van der Waals surface area contributed by atoms with Crippen molar-refractivity contribution in [2.24, 2.45) is 9.98 Å². The highest BCUT2D eigenvalue weighted by atomic mass is 32.1. The van der Waals surface area contributed by atoms with E-state index in [2.05, 4.69) is 215 Å². The van der Waals surface area contributed by atoms with Crippen molar-refractivity contribution in [3.8, 4) is 22.3 Å². The summed E-state index contributed by atoms with van der Waals surface area (Å²) in [5, 5.41) is 7.57. The molecule has 0 amide bonds. The maximum Gasteiger partial charge on any atom is 0.160 e. The standard InChI is InChI=1S/C61H48N2S/c1-4-39(2)60(63-61(53-30-17-23-42-20-10-11-26-49(42)53)62-40(3)43-24-16-25-44(34-43)41-18-6-5-7-19-41)48-37-56(59-54-29-14-15-31-57(54)64-58(59)38-48)52-33-32-47-35-45-21-8-9-22-46(45)36-55(47)51-28-13-12-27-50(51)52/h5-31,34-38,52H,4,32-33H2,1-3H3/b60-39+,62-40?,63-61?. The lowest BCUT2D eigenvalue weighted by Gasteiger charge is -2.22. The van der Waals surface area contributed by atoms with Crippen LogP contribution in [0.4, 0.5) is 0 Å². The monoisotopic (exact) mass is 840 g/mol. The Morgan fingerprint density at radius 1 is 0.531 bits per heavy atom. The van der Waals surface area contributed by atoms with Gasteiger partial charge in [-0.05, 0) is 135 Å². The summed E-state index contributed by atoms with van der Waals surface area (Å²) in [7, 11) is 0. The van der Waals surface area contributed by atoms with Crippen molar-refractivity contribution in [2.75, 3.05) is 0 Å². The number of benzene rings is 9. The van der Waals surface area contributed by atoms with Gasteiger partial charge in [-0.15, -0.1) is 11.3 Å². The van der Waals surface area contributed by atoms with Crippen molar-refractivity contribution < 1.29 is 0 Å². The molecule has 1 aromatic heterocycles. The zero-order valence-electron chi connectivity index (χ0n) is 36.5. The molecule has 0 bridgehead atoms. The van der Waals surface area contributed by atoms with Gasteiger partial charge in [0.15, 0.2) is 5.84 Å². The van der Waals surface area contributed by atoms with Crippen LogP contribution in [0.15, 0.2) is 210 Å². The van der Waals surface area contributed by atoms with E-state index in [1.165, 1.54) is 80.8 Å². The van der Waals surface area contributed by atoms with Crippen LogP contribution in [-0.2, 0) is 6.42 Å². The Kier molecular flexibility index (Phi) is 10.4. The van der Waals surface area contributed by atoms with Gasteiger partial charge in [-0.1, -0.05) is 171 Å². The molecule has 10 aromatic rings. The van der Waals surface area contributed by atoms with E-state index in [9.17, 15) is 0 Å². The zero-order valence-corrected chi connectivity index (χ0v) is 37.3. The first-order valence-corrected chi connectivity index (χ1v) is 23.4. The van der Waals surface area contributed by atoms with Crippen molar-refractivity contribution >= 4 is 70.3 Å². The van der Waals surface area contributed by atoms with E-state index < -0.39 is 0 Å². The van der Waals surface area contributed by atoms with Crippen molar-refractivity contribution in [1.82, 2.24) is 0 Å². The quantitative estimate of drug-likeness (QED) is 0.113. The van der Waals surface area contributed by atoms with Crippen molar-refractivity contribution in [1.29, 1.82) is 0 Å². The molecule has 0 N–H and O–H groups in total. The third kappa shape index (κ3) is 7.26. The number of hydrogen-bond acceptors (Lipinski definition) is 2. The highest BCUT2D eigenvalue weighted by Gasteiger charge is 2.28. The van der Waals surface area contributed by atoms with Crippen molar-refractivity contribution in [3.63, 3.8) is 0 Å². The molecule has 0 fully saturated rings. The lowest BCUT2D eigenvalue weighted by molar-refractivity contribution is 0.731. The predicted molar refractivity (Wildman–Crippen MR) is 276 cm³/mol. The second-order valence-corrected chi connectivity index (χ2v) is 18.2. The van der Waals surface area contributed by atoms with Crippen LogP contribution in [0.1, 0.15) is 72.9 Å². The van der Waals surface area contributed by atoms with Crippen LogP contribution in [0.25, 0.3) is 69.7 Å². The van der Waals surface area contributed by atoms with E-state index in [0.29, 0.717) is 5.84 Å². The van der Waals surface area contributed by atoms with Crippen LogP contribution >= 0.6 is 11.3 Å². The Bertz CT molecular complexity index is 3510. The number of hydrogen-bond donors (Lipinski definition) is 0. The number of amidine groups is 1. The van der Waals surface area contributed by atoms with Gasteiger partial charge in [-0.25, -0.2) is 9.98 Å². The SMILES string of the molecule is CC/C(C)=C(/N=C(N=C(C)c1cccc(-c2ccccc2)c1)c1cccc2ccccc12)c1cc(C2CCc3cc4ccccc4cc3-c3ccccc32)c2c(c1)sc1ccccc12. The summed E-state index contributed by atoms with van der Waals surface area (Å²) in [4.78, 5) is 11.3. The largest absolute Gasteiger partial charge is 0.233 e. The Morgan fingerprint density at radius 2 is 1.22 bits per heavy atom. The molecule has 9 aromatic carbocycles. The van der Waals surface area contributed by atoms with E-state index in [-0.39, 0.29) is 5.92 Å². The molecule has 0 radical (unpaired) electrons. The molecular weight excluding hydrogens is 793 g/mol. The van der Waals surface area contributed by atoms with Crippen LogP contribution in [-0.4, -0.2) is 11.5 Å². The van der Waals surface area contributed by atoms with Gasteiger partial charge in [-0.3, -0.25) is 0 Å². The Hall–Kier alpha value is -7.20. The summed E-state index contributed by atoms with van der Waals surface area (Å²) in [6, 6.07) is 71.1. The van der Waals surface area contributed by atoms with Crippen LogP contribution in [0.3, 0.4) is 0 Å². The molecule has 1 heterocycles. The number of fused-ring (bicyclic) bond motifs is 8. The first kappa shape index (κ1) is 39.6. The summed E-state index contributed by atoms with van der Waals surface area (Å²) in [5.74, 6) is 0.886. The van der Waals surface area contributed by atoms with Crippen LogP contribution in [0, 0.1) is 0 Å². The predicted octanol–water partition coefficient (Wildman–Crippen LogP) is 16.9. The molecule has 2 nitrogen and oxygen atoms in total. The average molecular weight is 841 g/mol. The lowest BCUT2D eigenvalue weighted by atomic mass is 9.82. The zero-order chi connectivity index (χ0) is 43.1. The van der Waals surface area contributed by atoms with Gasteiger partial charge in [0.05, 0.1) is 5.70 Å². The maximum atomic E-state index is 5.77. The minimum Gasteiger partial charge on any atom is -0.233 e. The molecule has 308 valence electrons. The molecule has 1 aliphatic rings. The third-order valence-corrected chi connectivity index (χ3v) is 14.4.